The minimum absolute atomic E-state index is 0.593. The van der Waals surface area contributed by atoms with E-state index >= 15 is 0 Å². The predicted octanol–water partition coefficient (Wildman–Crippen LogP) is 13.2. The maximum absolute atomic E-state index is 6.54. The van der Waals surface area contributed by atoms with E-state index in [2.05, 4.69) is 126 Å². The molecular formula is C51H32N4O. The highest BCUT2D eigenvalue weighted by atomic mass is 16.3. The first-order valence-corrected chi connectivity index (χ1v) is 18.8. The number of hydrogen-bond donors (Lipinski definition) is 0. The number of aromatic nitrogens is 4. The van der Waals surface area contributed by atoms with E-state index in [1.54, 1.807) is 0 Å². The van der Waals surface area contributed by atoms with Gasteiger partial charge in [-0.15, -0.1) is 0 Å². The van der Waals surface area contributed by atoms with Crippen LogP contribution in [-0.4, -0.2) is 19.5 Å². The molecule has 8 aromatic carbocycles. The lowest BCUT2D eigenvalue weighted by molar-refractivity contribution is 0.669. The zero-order chi connectivity index (χ0) is 37.0. The number of furan rings is 1. The fourth-order valence-electron chi connectivity index (χ4n) is 7.99. The minimum atomic E-state index is 0.593. The van der Waals surface area contributed by atoms with Gasteiger partial charge in [-0.05, 0) is 70.8 Å². The zero-order valence-corrected chi connectivity index (χ0v) is 30.2. The molecule has 0 bridgehead atoms. The maximum Gasteiger partial charge on any atom is 0.164 e. The molecule has 11 rings (SSSR count). The molecule has 0 N–H and O–H groups in total. The summed E-state index contributed by atoms with van der Waals surface area (Å²) in [5, 5.41) is 4.35. The van der Waals surface area contributed by atoms with Crippen molar-refractivity contribution in [3.05, 3.63) is 194 Å². The number of hydrogen-bond acceptors (Lipinski definition) is 4. The highest BCUT2D eigenvalue weighted by Gasteiger charge is 2.20. The Bertz CT molecular complexity index is 3070. The Hall–Kier alpha value is -7.63. The standard InChI is InChI=1S/C51H32N4O/c1-5-14-33(15-6-1)37-24-27-44-41(30-37)42-31-38(34-16-7-2-8-17-34)25-28-45(42)55(44)39-26-29-46-43(32-39)48-40(22-13-23-47(48)56-46)51-53-49(35-18-9-3-10-19-35)52-50(54-51)36-20-11-4-12-21-36/h1-32H. The van der Waals surface area contributed by atoms with Gasteiger partial charge >= 0.3 is 0 Å². The largest absolute Gasteiger partial charge is 0.456 e. The van der Waals surface area contributed by atoms with Crippen LogP contribution >= 0.6 is 0 Å². The minimum Gasteiger partial charge on any atom is -0.456 e. The second kappa shape index (κ2) is 13.0. The Labute approximate surface area is 322 Å². The van der Waals surface area contributed by atoms with Crippen molar-refractivity contribution >= 4 is 43.7 Å². The van der Waals surface area contributed by atoms with Crippen molar-refractivity contribution in [3.63, 3.8) is 0 Å². The molecule has 0 atom stereocenters. The van der Waals surface area contributed by atoms with Crippen LogP contribution in [-0.2, 0) is 0 Å². The SMILES string of the molecule is c1ccc(-c2ccc3c(c2)c2cc(-c4ccccc4)ccc2n3-c2ccc3oc4cccc(-c5nc(-c6ccccc6)nc(-c6ccccc6)n5)c4c3c2)cc1. The Morgan fingerprint density at radius 2 is 0.839 bits per heavy atom. The summed E-state index contributed by atoms with van der Waals surface area (Å²) >= 11 is 0. The molecule has 3 aromatic heterocycles. The molecular weight excluding hydrogens is 685 g/mol. The average molecular weight is 717 g/mol. The van der Waals surface area contributed by atoms with Gasteiger partial charge in [0, 0.05) is 43.9 Å². The first-order chi connectivity index (χ1) is 27.7. The van der Waals surface area contributed by atoms with Crippen molar-refractivity contribution < 1.29 is 4.42 Å². The summed E-state index contributed by atoms with van der Waals surface area (Å²) in [5.41, 5.74) is 12.4. The molecule has 0 saturated carbocycles. The summed E-state index contributed by atoms with van der Waals surface area (Å²) in [4.78, 5) is 15.1. The van der Waals surface area contributed by atoms with E-state index in [-0.39, 0.29) is 0 Å². The first kappa shape index (κ1) is 31.9. The van der Waals surface area contributed by atoms with Crippen LogP contribution in [0.3, 0.4) is 0 Å². The third kappa shape index (κ3) is 5.37. The van der Waals surface area contributed by atoms with Gasteiger partial charge in [0.2, 0.25) is 0 Å². The highest BCUT2D eigenvalue weighted by molar-refractivity contribution is 6.14. The van der Waals surface area contributed by atoms with Crippen LogP contribution in [0.5, 0.6) is 0 Å². The second-order valence-electron chi connectivity index (χ2n) is 14.0. The topological polar surface area (TPSA) is 56.7 Å². The molecule has 0 saturated heterocycles. The molecule has 3 heterocycles. The van der Waals surface area contributed by atoms with Crippen LogP contribution in [0.15, 0.2) is 199 Å². The van der Waals surface area contributed by atoms with E-state index in [0.29, 0.717) is 17.5 Å². The Morgan fingerprint density at radius 1 is 0.339 bits per heavy atom. The first-order valence-electron chi connectivity index (χ1n) is 18.8. The van der Waals surface area contributed by atoms with Crippen molar-refractivity contribution in [2.24, 2.45) is 0 Å². The zero-order valence-electron chi connectivity index (χ0n) is 30.2. The summed E-state index contributed by atoms with van der Waals surface area (Å²) in [6.45, 7) is 0. The van der Waals surface area contributed by atoms with Gasteiger partial charge < -0.3 is 8.98 Å². The lowest BCUT2D eigenvalue weighted by Crippen LogP contribution is -2.00. The molecule has 0 radical (unpaired) electrons. The van der Waals surface area contributed by atoms with E-state index in [1.807, 2.05) is 72.8 Å². The fourth-order valence-corrected chi connectivity index (χ4v) is 7.99. The van der Waals surface area contributed by atoms with E-state index < -0.39 is 0 Å². The normalized spacial score (nSPS) is 11.6. The number of rotatable bonds is 6. The van der Waals surface area contributed by atoms with E-state index in [0.717, 1.165) is 55.3 Å². The Morgan fingerprint density at radius 3 is 1.38 bits per heavy atom. The van der Waals surface area contributed by atoms with Gasteiger partial charge in [0.05, 0.1) is 11.0 Å². The summed E-state index contributed by atoms with van der Waals surface area (Å²) in [6.07, 6.45) is 0. The summed E-state index contributed by atoms with van der Waals surface area (Å²) in [7, 11) is 0. The number of nitrogens with zero attached hydrogens (tertiary/aromatic N) is 4. The molecule has 262 valence electrons. The van der Waals surface area contributed by atoms with Gasteiger partial charge in [-0.25, -0.2) is 15.0 Å². The van der Waals surface area contributed by atoms with Crippen LogP contribution < -0.4 is 0 Å². The van der Waals surface area contributed by atoms with Crippen molar-refractivity contribution in [1.82, 2.24) is 19.5 Å². The van der Waals surface area contributed by atoms with Gasteiger partial charge in [0.25, 0.3) is 0 Å². The molecule has 0 aliphatic rings. The van der Waals surface area contributed by atoms with Crippen LogP contribution in [0.2, 0.25) is 0 Å². The van der Waals surface area contributed by atoms with Gasteiger partial charge in [-0.2, -0.15) is 0 Å². The molecule has 5 nitrogen and oxygen atoms in total. The quantitative estimate of drug-likeness (QED) is 0.172. The van der Waals surface area contributed by atoms with Gasteiger partial charge in [0.15, 0.2) is 17.5 Å². The summed E-state index contributed by atoms with van der Waals surface area (Å²) in [5.74, 6) is 1.83. The van der Waals surface area contributed by atoms with Gasteiger partial charge in [-0.1, -0.05) is 146 Å². The lowest BCUT2D eigenvalue weighted by atomic mass is 10.0. The van der Waals surface area contributed by atoms with Crippen molar-refractivity contribution in [2.75, 3.05) is 0 Å². The van der Waals surface area contributed by atoms with E-state index in [9.17, 15) is 0 Å². The van der Waals surface area contributed by atoms with E-state index in [1.165, 1.54) is 33.0 Å². The summed E-state index contributed by atoms with van der Waals surface area (Å²) < 4.78 is 8.91. The van der Waals surface area contributed by atoms with Crippen LogP contribution in [0.25, 0.3) is 106 Å². The van der Waals surface area contributed by atoms with Crippen molar-refractivity contribution in [1.29, 1.82) is 0 Å². The van der Waals surface area contributed by atoms with Crippen molar-refractivity contribution in [3.8, 4) is 62.1 Å². The monoisotopic (exact) mass is 716 g/mol. The predicted molar refractivity (Wildman–Crippen MR) is 229 cm³/mol. The molecule has 0 amide bonds. The van der Waals surface area contributed by atoms with Crippen molar-refractivity contribution in [2.45, 2.75) is 0 Å². The highest BCUT2D eigenvalue weighted by Crippen LogP contribution is 2.41. The summed E-state index contributed by atoms with van der Waals surface area (Å²) in [6, 6.07) is 67.6. The third-order valence-corrected chi connectivity index (χ3v) is 10.7. The second-order valence-corrected chi connectivity index (χ2v) is 14.0. The average Bonchev–Trinajstić information content (AvgIpc) is 3.82. The molecule has 0 spiro atoms. The molecule has 0 unspecified atom stereocenters. The Balaban J connectivity index is 1.14. The smallest absolute Gasteiger partial charge is 0.164 e. The maximum atomic E-state index is 6.54. The Kier molecular flexibility index (Phi) is 7.42. The molecule has 56 heavy (non-hydrogen) atoms. The van der Waals surface area contributed by atoms with Crippen LogP contribution in [0.4, 0.5) is 0 Å². The van der Waals surface area contributed by atoms with Gasteiger partial charge in [0.1, 0.15) is 11.2 Å². The number of fused-ring (bicyclic) bond motifs is 6. The molecule has 0 aliphatic carbocycles. The molecule has 5 heteroatoms. The van der Waals surface area contributed by atoms with Crippen LogP contribution in [0, 0.1) is 0 Å². The molecule has 0 fully saturated rings. The third-order valence-electron chi connectivity index (χ3n) is 10.7. The van der Waals surface area contributed by atoms with Gasteiger partial charge in [-0.3, -0.25) is 0 Å². The van der Waals surface area contributed by atoms with Crippen LogP contribution in [0.1, 0.15) is 0 Å². The lowest BCUT2D eigenvalue weighted by Gasteiger charge is -2.10. The molecule has 11 aromatic rings. The fraction of sp³-hybridized carbons (Fsp3) is 0. The molecule has 0 aliphatic heterocycles. The van der Waals surface area contributed by atoms with E-state index in [4.69, 9.17) is 19.4 Å². The number of benzene rings is 8.